The monoisotopic (exact) mass is 466 g/mol. The molecule has 8 nitrogen and oxygen atoms in total. The van der Waals surface area contributed by atoms with Crippen LogP contribution in [-0.2, 0) is 0 Å². The topological polar surface area (TPSA) is 94.0 Å². The van der Waals surface area contributed by atoms with Crippen molar-refractivity contribution in [3.8, 4) is 22.9 Å². The van der Waals surface area contributed by atoms with Crippen LogP contribution in [-0.4, -0.2) is 48.8 Å². The number of pyridine rings is 1. The molecule has 0 radical (unpaired) electrons. The number of ether oxygens (including phenoxy) is 1. The van der Waals surface area contributed by atoms with Gasteiger partial charge in [0.05, 0.1) is 5.69 Å². The van der Waals surface area contributed by atoms with Crippen molar-refractivity contribution in [3.63, 3.8) is 0 Å². The summed E-state index contributed by atoms with van der Waals surface area (Å²) in [6.07, 6.45) is 6.62. The molecule has 4 heterocycles. The highest BCUT2D eigenvalue weighted by molar-refractivity contribution is 5.93. The Labute approximate surface area is 204 Å². The van der Waals surface area contributed by atoms with Crippen LogP contribution in [0, 0.1) is 13.8 Å². The van der Waals surface area contributed by atoms with Gasteiger partial charge in [0, 0.05) is 48.7 Å². The molecule has 8 heteroatoms. The summed E-state index contributed by atoms with van der Waals surface area (Å²) in [4.78, 5) is 37.2. The predicted octanol–water partition coefficient (Wildman–Crippen LogP) is 4.76. The molecule has 4 aromatic rings. The van der Waals surface area contributed by atoms with Crippen LogP contribution >= 0.6 is 0 Å². The zero-order valence-corrected chi connectivity index (χ0v) is 19.8. The Hall–Kier alpha value is -4.20. The van der Waals surface area contributed by atoms with E-state index < -0.39 is 0 Å². The molecule has 1 atom stereocenters. The molecule has 1 saturated heterocycles. The van der Waals surface area contributed by atoms with Crippen LogP contribution in [0.4, 0.5) is 0 Å². The number of amides is 1. The molecule has 0 saturated carbocycles. The zero-order chi connectivity index (χ0) is 24.2. The van der Waals surface area contributed by atoms with E-state index in [4.69, 9.17) is 9.72 Å². The van der Waals surface area contributed by atoms with Gasteiger partial charge in [-0.1, -0.05) is 24.3 Å². The molecule has 0 aliphatic carbocycles. The number of piperidine rings is 1. The molecule has 1 amide bonds. The van der Waals surface area contributed by atoms with Crippen LogP contribution in [0.2, 0.25) is 0 Å². The van der Waals surface area contributed by atoms with Crippen molar-refractivity contribution in [2.75, 3.05) is 13.1 Å². The summed E-state index contributed by atoms with van der Waals surface area (Å²) in [6, 6.07) is 15.1. The number of para-hydroxylation sites is 1. The van der Waals surface area contributed by atoms with Crippen LogP contribution < -0.4 is 4.74 Å². The van der Waals surface area contributed by atoms with E-state index in [-0.39, 0.29) is 11.8 Å². The van der Waals surface area contributed by atoms with E-state index in [2.05, 4.69) is 19.9 Å². The Bertz CT molecular complexity index is 1340. The molecule has 35 heavy (non-hydrogen) atoms. The second kappa shape index (κ2) is 9.97. The number of aryl methyl sites for hydroxylation is 2. The number of hydrogen-bond acceptors (Lipinski definition) is 7. The minimum atomic E-state index is -0.0996. The first kappa shape index (κ1) is 22.6. The first-order valence-corrected chi connectivity index (χ1v) is 11.7. The number of rotatable bonds is 5. The summed E-state index contributed by atoms with van der Waals surface area (Å²) in [7, 11) is 0. The van der Waals surface area contributed by atoms with Gasteiger partial charge in [-0.2, -0.15) is 4.98 Å². The minimum absolute atomic E-state index is 0.0255. The van der Waals surface area contributed by atoms with Gasteiger partial charge in [0.25, 0.3) is 5.91 Å². The highest BCUT2D eigenvalue weighted by atomic mass is 16.5. The Morgan fingerprint density at radius 3 is 2.66 bits per heavy atom. The van der Waals surface area contributed by atoms with Gasteiger partial charge in [-0.3, -0.25) is 4.79 Å². The summed E-state index contributed by atoms with van der Waals surface area (Å²) in [6.45, 7) is 5.15. The Kier molecular flexibility index (Phi) is 6.43. The third-order valence-electron chi connectivity index (χ3n) is 6.05. The van der Waals surface area contributed by atoms with Gasteiger partial charge in [0.15, 0.2) is 0 Å². The van der Waals surface area contributed by atoms with Gasteiger partial charge in [0.1, 0.15) is 23.6 Å². The number of benzene rings is 1. The quantitative estimate of drug-likeness (QED) is 0.419. The van der Waals surface area contributed by atoms with Gasteiger partial charge in [-0.05, 0) is 50.5 Å². The second-order valence-electron chi connectivity index (χ2n) is 8.70. The van der Waals surface area contributed by atoms with Crippen LogP contribution in [0.15, 0.2) is 67.3 Å². The molecule has 1 fully saturated rings. The van der Waals surface area contributed by atoms with Gasteiger partial charge < -0.3 is 9.64 Å². The summed E-state index contributed by atoms with van der Waals surface area (Å²) < 4.78 is 6.07. The molecule has 3 aromatic heterocycles. The van der Waals surface area contributed by atoms with E-state index in [0.717, 1.165) is 35.4 Å². The molecule has 5 rings (SSSR count). The number of carbonyl (C=O) groups is 1. The van der Waals surface area contributed by atoms with Crippen LogP contribution in [0.1, 0.15) is 46.3 Å². The maximum Gasteiger partial charge on any atom is 0.272 e. The minimum Gasteiger partial charge on any atom is -0.439 e. The molecular formula is C27H26N6O2. The van der Waals surface area contributed by atoms with Crippen LogP contribution in [0.3, 0.4) is 0 Å². The fourth-order valence-electron chi connectivity index (χ4n) is 4.26. The maximum atomic E-state index is 13.3. The van der Waals surface area contributed by atoms with Gasteiger partial charge in [-0.15, -0.1) is 0 Å². The molecule has 0 spiro atoms. The molecule has 1 aliphatic rings. The Morgan fingerprint density at radius 1 is 1.00 bits per heavy atom. The lowest BCUT2D eigenvalue weighted by molar-refractivity contribution is 0.0698. The smallest absolute Gasteiger partial charge is 0.272 e. The van der Waals surface area contributed by atoms with Crippen LogP contribution in [0.5, 0.6) is 11.6 Å². The largest absolute Gasteiger partial charge is 0.439 e. The predicted molar refractivity (Wildman–Crippen MR) is 131 cm³/mol. The van der Waals surface area contributed by atoms with Crippen molar-refractivity contribution < 1.29 is 9.53 Å². The van der Waals surface area contributed by atoms with Gasteiger partial charge >= 0.3 is 0 Å². The van der Waals surface area contributed by atoms with E-state index in [1.54, 1.807) is 18.5 Å². The van der Waals surface area contributed by atoms with E-state index in [0.29, 0.717) is 36.2 Å². The van der Waals surface area contributed by atoms with Crippen LogP contribution in [0.25, 0.3) is 11.3 Å². The summed E-state index contributed by atoms with van der Waals surface area (Å²) in [5, 5.41) is 0. The summed E-state index contributed by atoms with van der Waals surface area (Å²) >= 11 is 0. The SMILES string of the molecule is Cc1cc(Oc2ccccc2C)nc(C2CCCN(C(=O)c3cccc(-c4cncnc4)n3)C2)n1. The van der Waals surface area contributed by atoms with Crippen molar-refractivity contribution >= 4 is 5.91 Å². The van der Waals surface area contributed by atoms with E-state index in [1.165, 1.54) is 6.33 Å². The van der Waals surface area contributed by atoms with Crippen molar-refractivity contribution in [2.45, 2.75) is 32.6 Å². The molecule has 0 bridgehead atoms. The number of aromatic nitrogens is 5. The standard InChI is InChI=1S/C27H26N6O2/c1-18-7-3-4-11-24(18)35-25-13-19(2)30-26(32-25)20-8-6-12-33(16-20)27(34)23-10-5-9-22(31-23)21-14-28-17-29-15-21/h3-5,7,9-11,13-15,17,20H,6,8,12,16H2,1-2H3. The Balaban J connectivity index is 1.34. The first-order chi connectivity index (χ1) is 17.1. The third kappa shape index (κ3) is 5.16. The van der Waals surface area contributed by atoms with E-state index in [1.807, 2.05) is 61.2 Å². The molecule has 0 N–H and O–H groups in total. The molecule has 1 unspecified atom stereocenters. The Morgan fingerprint density at radius 2 is 1.83 bits per heavy atom. The second-order valence-corrected chi connectivity index (χ2v) is 8.70. The molecule has 176 valence electrons. The maximum absolute atomic E-state index is 13.3. The number of carbonyl (C=O) groups excluding carboxylic acids is 1. The van der Waals surface area contributed by atoms with Crippen molar-refractivity contribution in [1.82, 2.24) is 29.8 Å². The molecule has 1 aliphatic heterocycles. The van der Waals surface area contributed by atoms with E-state index in [9.17, 15) is 4.79 Å². The van der Waals surface area contributed by atoms with Gasteiger partial charge in [0.2, 0.25) is 5.88 Å². The average Bonchev–Trinajstić information content (AvgIpc) is 2.90. The number of likely N-dealkylation sites (tertiary alicyclic amines) is 1. The van der Waals surface area contributed by atoms with Crippen molar-refractivity contribution in [1.29, 1.82) is 0 Å². The lowest BCUT2D eigenvalue weighted by Crippen LogP contribution is -2.40. The first-order valence-electron chi connectivity index (χ1n) is 11.7. The fourth-order valence-corrected chi connectivity index (χ4v) is 4.26. The third-order valence-corrected chi connectivity index (χ3v) is 6.05. The average molecular weight is 467 g/mol. The fraction of sp³-hybridized carbons (Fsp3) is 0.259. The normalized spacial score (nSPS) is 15.6. The van der Waals surface area contributed by atoms with E-state index >= 15 is 0 Å². The summed E-state index contributed by atoms with van der Waals surface area (Å²) in [5.41, 5.74) is 3.72. The lowest BCUT2D eigenvalue weighted by atomic mass is 9.96. The lowest BCUT2D eigenvalue weighted by Gasteiger charge is -2.32. The summed E-state index contributed by atoms with van der Waals surface area (Å²) in [5.74, 6) is 1.92. The zero-order valence-electron chi connectivity index (χ0n) is 19.8. The van der Waals surface area contributed by atoms with Crippen molar-refractivity contribution in [2.24, 2.45) is 0 Å². The highest BCUT2D eigenvalue weighted by Crippen LogP contribution is 2.29. The highest BCUT2D eigenvalue weighted by Gasteiger charge is 2.28. The number of hydrogen-bond donors (Lipinski definition) is 0. The molecular weight excluding hydrogens is 440 g/mol. The van der Waals surface area contributed by atoms with Crippen molar-refractivity contribution in [3.05, 3.63) is 90.0 Å². The molecule has 1 aromatic carbocycles. The number of nitrogens with zero attached hydrogens (tertiary/aromatic N) is 6. The van der Waals surface area contributed by atoms with Gasteiger partial charge in [-0.25, -0.2) is 19.9 Å².